The number of rotatable bonds is 5. The minimum atomic E-state index is -1.24. The second-order valence-corrected chi connectivity index (χ2v) is 5.51. The van der Waals surface area contributed by atoms with Crippen molar-refractivity contribution in [3.8, 4) is 5.75 Å². The lowest BCUT2D eigenvalue weighted by Gasteiger charge is -2.24. The zero-order chi connectivity index (χ0) is 17.9. The van der Waals surface area contributed by atoms with E-state index in [4.69, 9.17) is 21.4 Å². The highest BCUT2D eigenvalue weighted by molar-refractivity contribution is 6.30. The zero-order valence-electron chi connectivity index (χ0n) is 13.4. The molecule has 1 unspecified atom stereocenters. The third-order valence-electron chi connectivity index (χ3n) is 3.55. The second kappa shape index (κ2) is 7.27. The number of hydrogen-bond acceptors (Lipinski definition) is 5. The molecule has 7 nitrogen and oxygen atoms in total. The van der Waals surface area contributed by atoms with Crippen LogP contribution in [-0.2, 0) is 0 Å². The van der Waals surface area contributed by atoms with Gasteiger partial charge in [-0.25, -0.2) is 9.78 Å². The molecule has 24 heavy (non-hydrogen) atoms. The van der Waals surface area contributed by atoms with Crippen molar-refractivity contribution in [2.24, 2.45) is 0 Å². The molecule has 0 spiro atoms. The number of ether oxygens (including phenoxy) is 1. The van der Waals surface area contributed by atoms with Crippen LogP contribution in [0.4, 0.5) is 0 Å². The number of carbonyl (C=O) groups is 2. The smallest absolute Gasteiger partial charge is 0.354 e. The SMILES string of the molecule is COc1cc(C(=O)O)nc(C(=O)N(C)C(C)c2ccc(Cl)cn2)c1. The summed E-state index contributed by atoms with van der Waals surface area (Å²) in [6.07, 6.45) is 1.50. The normalized spacial score (nSPS) is 11.7. The van der Waals surface area contributed by atoms with Crippen LogP contribution in [0.15, 0.2) is 30.5 Å². The molecular formula is C16H16ClN3O4. The summed E-state index contributed by atoms with van der Waals surface area (Å²) in [5, 5.41) is 9.60. The van der Waals surface area contributed by atoms with E-state index in [9.17, 15) is 9.59 Å². The minimum absolute atomic E-state index is 0.0185. The van der Waals surface area contributed by atoms with E-state index in [2.05, 4.69) is 9.97 Å². The number of pyridine rings is 2. The Kier molecular flexibility index (Phi) is 5.35. The number of carbonyl (C=O) groups excluding carboxylic acids is 1. The number of methoxy groups -OCH3 is 1. The summed E-state index contributed by atoms with van der Waals surface area (Å²) in [6.45, 7) is 1.80. The highest BCUT2D eigenvalue weighted by atomic mass is 35.5. The highest BCUT2D eigenvalue weighted by Crippen LogP contribution is 2.21. The molecule has 0 radical (unpaired) electrons. The Morgan fingerprint density at radius 1 is 1.29 bits per heavy atom. The molecule has 1 amide bonds. The van der Waals surface area contributed by atoms with Crippen molar-refractivity contribution in [2.45, 2.75) is 13.0 Å². The number of aromatic nitrogens is 2. The number of halogens is 1. The summed E-state index contributed by atoms with van der Waals surface area (Å²) >= 11 is 5.81. The van der Waals surface area contributed by atoms with Crippen LogP contribution in [-0.4, -0.2) is 46.0 Å². The van der Waals surface area contributed by atoms with Crippen LogP contribution in [0.5, 0.6) is 5.75 Å². The molecule has 1 atom stereocenters. The van der Waals surface area contributed by atoms with Gasteiger partial charge in [-0.15, -0.1) is 0 Å². The van der Waals surface area contributed by atoms with Gasteiger partial charge in [-0.2, -0.15) is 0 Å². The second-order valence-electron chi connectivity index (χ2n) is 5.08. The molecule has 0 saturated carbocycles. The molecule has 8 heteroatoms. The maximum absolute atomic E-state index is 12.6. The van der Waals surface area contributed by atoms with E-state index in [1.807, 2.05) is 0 Å². The van der Waals surface area contributed by atoms with E-state index in [0.717, 1.165) is 0 Å². The van der Waals surface area contributed by atoms with Crippen LogP contribution in [0.2, 0.25) is 5.02 Å². The fourth-order valence-electron chi connectivity index (χ4n) is 2.03. The highest BCUT2D eigenvalue weighted by Gasteiger charge is 2.23. The standard InChI is InChI=1S/C16H16ClN3O4/c1-9(12-5-4-10(17)8-18-12)20(2)15(21)13-6-11(24-3)7-14(19-13)16(22)23/h4-9H,1-3H3,(H,22,23). The molecule has 0 aliphatic carbocycles. The van der Waals surface area contributed by atoms with Crippen molar-refractivity contribution in [1.29, 1.82) is 0 Å². The van der Waals surface area contributed by atoms with Crippen molar-refractivity contribution in [3.05, 3.63) is 52.6 Å². The van der Waals surface area contributed by atoms with Crippen molar-refractivity contribution >= 4 is 23.5 Å². The third kappa shape index (κ3) is 3.80. The fourth-order valence-corrected chi connectivity index (χ4v) is 2.14. The largest absolute Gasteiger partial charge is 0.497 e. The van der Waals surface area contributed by atoms with Crippen LogP contribution < -0.4 is 4.74 Å². The van der Waals surface area contributed by atoms with E-state index >= 15 is 0 Å². The Hall–Kier alpha value is -2.67. The van der Waals surface area contributed by atoms with Gasteiger partial charge >= 0.3 is 5.97 Å². The van der Waals surface area contributed by atoms with Crippen LogP contribution in [0, 0.1) is 0 Å². The summed E-state index contributed by atoms with van der Waals surface area (Å²) in [6, 6.07) is 5.70. The van der Waals surface area contributed by atoms with Gasteiger partial charge < -0.3 is 14.7 Å². The summed E-state index contributed by atoms with van der Waals surface area (Å²) in [4.78, 5) is 33.3. The van der Waals surface area contributed by atoms with E-state index in [1.54, 1.807) is 26.1 Å². The maximum atomic E-state index is 12.6. The van der Waals surface area contributed by atoms with Crippen molar-refractivity contribution in [1.82, 2.24) is 14.9 Å². The summed E-state index contributed by atoms with van der Waals surface area (Å²) < 4.78 is 5.03. The molecule has 1 N–H and O–H groups in total. The lowest BCUT2D eigenvalue weighted by Crippen LogP contribution is -2.31. The number of nitrogens with zero attached hydrogens (tertiary/aromatic N) is 3. The molecule has 0 aliphatic rings. The Labute approximate surface area is 143 Å². The van der Waals surface area contributed by atoms with Gasteiger partial charge in [-0.3, -0.25) is 9.78 Å². The predicted molar refractivity (Wildman–Crippen MR) is 87.5 cm³/mol. The maximum Gasteiger partial charge on any atom is 0.354 e. The molecule has 2 rings (SSSR count). The number of aromatic carboxylic acids is 1. The van der Waals surface area contributed by atoms with Gasteiger partial charge in [0.1, 0.15) is 11.4 Å². The molecule has 0 saturated heterocycles. The molecule has 0 bridgehead atoms. The Balaban J connectivity index is 2.31. The number of hydrogen-bond donors (Lipinski definition) is 1. The molecule has 0 aromatic carbocycles. The first-order valence-electron chi connectivity index (χ1n) is 7.01. The number of amides is 1. The van der Waals surface area contributed by atoms with Crippen molar-refractivity contribution in [3.63, 3.8) is 0 Å². The molecule has 2 aromatic heterocycles. The van der Waals surface area contributed by atoms with E-state index in [0.29, 0.717) is 10.7 Å². The molecule has 0 aliphatic heterocycles. The average molecular weight is 350 g/mol. The Morgan fingerprint density at radius 3 is 2.50 bits per heavy atom. The van der Waals surface area contributed by atoms with E-state index in [1.165, 1.54) is 30.3 Å². The number of carboxylic acid groups (broad SMARTS) is 1. The lowest BCUT2D eigenvalue weighted by molar-refractivity contribution is 0.0689. The number of carboxylic acids is 1. The molecule has 0 fully saturated rings. The topological polar surface area (TPSA) is 92.6 Å². The summed E-state index contributed by atoms with van der Waals surface area (Å²) in [5.74, 6) is -1.44. The minimum Gasteiger partial charge on any atom is -0.497 e. The van der Waals surface area contributed by atoms with Crippen LogP contribution in [0.25, 0.3) is 0 Å². The van der Waals surface area contributed by atoms with Gasteiger partial charge in [0.25, 0.3) is 5.91 Å². The van der Waals surface area contributed by atoms with Gasteiger partial charge in [0, 0.05) is 25.4 Å². The fraction of sp³-hybridized carbons (Fsp3) is 0.250. The van der Waals surface area contributed by atoms with Crippen LogP contribution in [0.3, 0.4) is 0 Å². The average Bonchev–Trinajstić information content (AvgIpc) is 2.59. The molecular weight excluding hydrogens is 334 g/mol. The van der Waals surface area contributed by atoms with Crippen molar-refractivity contribution in [2.75, 3.05) is 14.2 Å². The summed E-state index contributed by atoms with van der Waals surface area (Å²) in [5.41, 5.74) is 0.370. The molecule has 2 aromatic rings. The molecule has 2 heterocycles. The quantitative estimate of drug-likeness (QED) is 0.892. The van der Waals surface area contributed by atoms with E-state index in [-0.39, 0.29) is 23.2 Å². The third-order valence-corrected chi connectivity index (χ3v) is 3.78. The van der Waals surface area contributed by atoms with Crippen molar-refractivity contribution < 1.29 is 19.4 Å². The predicted octanol–water partition coefficient (Wildman–Crippen LogP) is 2.67. The molecule has 126 valence electrons. The monoisotopic (exact) mass is 349 g/mol. The zero-order valence-corrected chi connectivity index (χ0v) is 14.1. The Bertz CT molecular complexity index is 764. The van der Waals surface area contributed by atoms with Gasteiger partial charge in [0.2, 0.25) is 0 Å². The first-order valence-corrected chi connectivity index (χ1v) is 7.39. The van der Waals surface area contributed by atoms with Crippen LogP contribution >= 0.6 is 11.6 Å². The van der Waals surface area contributed by atoms with E-state index < -0.39 is 11.9 Å². The lowest BCUT2D eigenvalue weighted by atomic mass is 10.1. The Morgan fingerprint density at radius 2 is 1.96 bits per heavy atom. The first-order chi connectivity index (χ1) is 11.3. The van der Waals surface area contributed by atoms with Gasteiger partial charge in [0.15, 0.2) is 5.69 Å². The summed E-state index contributed by atoms with van der Waals surface area (Å²) in [7, 11) is 2.98. The van der Waals surface area contributed by atoms with Crippen LogP contribution in [0.1, 0.15) is 39.6 Å². The van der Waals surface area contributed by atoms with Gasteiger partial charge in [-0.1, -0.05) is 11.6 Å². The van der Waals surface area contributed by atoms with Gasteiger partial charge in [-0.05, 0) is 19.1 Å². The van der Waals surface area contributed by atoms with Gasteiger partial charge in [0.05, 0.1) is 23.9 Å². The first kappa shape index (κ1) is 17.7.